The number of carboxylic acid groups (broad SMARTS) is 1. The van der Waals surface area contributed by atoms with E-state index in [9.17, 15) is 4.79 Å². The molecule has 1 aromatic heterocycles. The summed E-state index contributed by atoms with van der Waals surface area (Å²) in [5.41, 5.74) is 4.97. The number of carbonyl (C=O) groups is 1. The fourth-order valence-electron chi connectivity index (χ4n) is 4.91. The maximum absolute atomic E-state index is 10.7. The van der Waals surface area contributed by atoms with Crippen LogP contribution in [-0.4, -0.2) is 67.1 Å². The normalized spacial score (nSPS) is 15.3. The van der Waals surface area contributed by atoms with Crippen LogP contribution in [0.15, 0.2) is 60.8 Å². The monoisotopic (exact) mass is 476 g/mol. The van der Waals surface area contributed by atoms with Crippen LogP contribution < -0.4 is 0 Å². The minimum absolute atomic E-state index is 0.590. The van der Waals surface area contributed by atoms with Crippen LogP contribution in [0.1, 0.15) is 35.4 Å². The van der Waals surface area contributed by atoms with Crippen LogP contribution in [0.2, 0.25) is 0 Å². The molecule has 2 heterocycles. The number of ether oxygens (including phenoxy) is 2. The second-order valence-corrected chi connectivity index (χ2v) is 9.18. The Kier molecular flexibility index (Phi) is 9.12. The van der Waals surface area contributed by atoms with Crippen LogP contribution >= 0.6 is 0 Å². The zero-order valence-corrected chi connectivity index (χ0v) is 20.6. The van der Waals surface area contributed by atoms with Crippen molar-refractivity contribution in [3.63, 3.8) is 0 Å². The van der Waals surface area contributed by atoms with Crippen molar-refractivity contribution < 1.29 is 19.4 Å². The van der Waals surface area contributed by atoms with Crippen molar-refractivity contribution in [1.82, 2.24) is 9.47 Å². The number of methoxy groups -OCH3 is 1. The molecule has 0 radical (unpaired) electrons. The smallest absolute Gasteiger partial charge is 0.328 e. The van der Waals surface area contributed by atoms with Gasteiger partial charge in [0.2, 0.25) is 0 Å². The number of aromatic nitrogens is 1. The summed E-state index contributed by atoms with van der Waals surface area (Å²) in [6.07, 6.45) is 8.52. The zero-order valence-electron chi connectivity index (χ0n) is 20.6. The molecular formula is C29H36N2O4. The summed E-state index contributed by atoms with van der Waals surface area (Å²) < 4.78 is 13.1. The third kappa shape index (κ3) is 7.04. The van der Waals surface area contributed by atoms with Crippen LogP contribution in [-0.2, 0) is 27.2 Å². The average Bonchev–Trinajstić information content (AvgIpc) is 3.26. The first kappa shape index (κ1) is 25.2. The van der Waals surface area contributed by atoms with Crippen molar-refractivity contribution in [2.45, 2.75) is 31.7 Å². The number of likely N-dealkylation sites (tertiary alicyclic amines) is 1. The summed E-state index contributed by atoms with van der Waals surface area (Å²) in [4.78, 5) is 13.2. The molecule has 0 bridgehead atoms. The van der Waals surface area contributed by atoms with E-state index in [2.05, 4.69) is 52.1 Å². The van der Waals surface area contributed by atoms with Gasteiger partial charge < -0.3 is 24.0 Å². The predicted molar refractivity (Wildman–Crippen MR) is 140 cm³/mol. The molecule has 3 aromatic rings. The molecule has 35 heavy (non-hydrogen) atoms. The van der Waals surface area contributed by atoms with Gasteiger partial charge in [-0.25, -0.2) is 4.79 Å². The summed E-state index contributed by atoms with van der Waals surface area (Å²) in [5, 5.41) is 10.1. The molecule has 0 saturated carbocycles. The van der Waals surface area contributed by atoms with E-state index >= 15 is 0 Å². The topological polar surface area (TPSA) is 63.9 Å². The van der Waals surface area contributed by atoms with E-state index < -0.39 is 5.97 Å². The molecule has 1 fully saturated rings. The Bertz CT molecular complexity index is 1110. The van der Waals surface area contributed by atoms with Crippen LogP contribution in [0.5, 0.6) is 0 Å². The number of hydrogen-bond acceptors (Lipinski definition) is 4. The van der Waals surface area contributed by atoms with Gasteiger partial charge in [-0.1, -0.05) is 42.5 Å². The van der Waals surface area contributed by atoms with Gasteiger partial charge in [-0.3, -0.25) is 0 Å². The first-order valence-corrected chi connectivity index (χ1v) is 12.5. The van der Waals surface area contributed by atoms with Gasteiger partial charge in [0.1, 0.15) is 0 Å². The summed E-state index contributed by atoms with van der Waals surface area (Å²) in [5.74, 6) is -0.332. The number of piperidine rings is 1. The highest BCUT2D eigenvalue weighted by Gasteiger charge is 2.23. The van der Waals surface area contributed by atoms with Crippen LogP contribution in [0, 0.1) is 0 Å². The van der Waals surface area contributed by atoms with E-state index in [1.165, 1.54) is 40.9 Å². The second-order valence-electron chi connectivity index (χ2n) is 9.18. The van der Waals surface area contributed by atoms with Crippen molar-refractivity contribution in [2.24, 2.45) is 0 Å². The molecule has 0 amide bonds. The van der Waals surface area contributed by atoms with Gasteiger partial charge in [-0.15, -0.1) is 0 Å². The quantitative estimate of drug-likeness (QED) is 0.300. The Morgan fingerprint density at radius 2 is 1.80 bits per heavy atom. The van der Waals surface area contributed by atoms with Crippen LogP contribution in [0.4, 0.5) is 0 Å². The maximum Gasteiger partial charge on any atom is 0.328 e. The van der Waals surface area contributed by atoms with Gasteiger partial charge in [-0.05, 0) is 67.1 Å². The highest BCUT2D eigenvalue weighted by atomic mass is 16.5. The number of benzene rings is 2. The summed E-state index contributed by atoms with van der Waals surface area (Å²) in [7, 11) is 1.70. The molecule has 0 unspecified atom stereocenters. The molecule has 2 aromatic carbocycles. The molecule has 1 saturated heterocycles. The van der Waals surface area contributed by atoms with E-state index in [0.717, 1.165) is 38.2 Å². The van der Waals surface area contributed by atoms with Crippen molar-refractivity contribution in [3.8, 4) is 0 Å². The number of fused-ring (bicyclic) bond motifs is 1. The molecule has 6 heteroatoms. The van der Waals surface area contributed by atoms with Gasteiger partial charge in [0.25, 0.3) is 0 Å². The number of rotatable bonds is 12. The number of carboxylic acids is 1. The molecule has 0 spiro atoms. The zero-order chi connectivity index (χ0) is 24.5. The Morgan fingerprint density at radius 1 is 1.03 bits per heavy atom. The molecule has 6 nitrogen and oxygen atoms in total. The molecule has 1 N–H and O–H groups in total. The second kappa shape index (κ2) is 12.7. The van der Waals surface area contributed by atoms with Gasteiger partial charge in [-0.2, -0.15) is 0 Å². The molecule has 1 aliphatic heterocycles. The largest absolute Gasteiger partial charge is 0.478 e. The lowest BCUT2D eigenvalue weighted by Gasteiger charge is -2.32. The molecular weight excluding hydrogens is 440 g/mol. The SMILES string of the molecule is COCCOCCn1cc(C2CCN(CCc3ccc(C=CC(=O)O)cc3)CC2)c2ccccc21. The summed E-state index contributed by atoms with van der Waals surface area (Å²) in [6.45, 7) is 6.09. The lowest BCUT2D eigenvalue weighted by molar-refractivity contribution is -0.131. The van der Waals surface area contributed by atoms with Crippen LogP contribution in [0.3, 0.4) is 0 Å². The third-order valence-electron chi connectivity index (χ3n) is 6.87. The highest BCUT2D eigenvalue weighted by molar-refractivity contribution is 5.85. The minimum atomic E-state index is -0.922. The molecule has 0 atom stereocenters. The number of nitrogens with zero attached hydrogens (tertiary/aromatic N) is 2. The molecule has 0 aliphatic carbocycles. The third-order valence-corrected chi connectivity index (χ3v) is 6.87. The molecule has 186 valence electrons. The highest BCUT2D eigenvalue weighted by Crippen LogP contribution is 2.34. The Labute approximate surface area is 207 Å². The predicted octanol–water partition coefficient (Wildman–Crippen LogP) is 4.82. The Balaban J connectivity index is 1.30. The van der Waals surface area contributed by atoms with Gasteiger partial charge >= 0.3 is 5.97 Å². The van der Waals surface area contributed by atoms with Crippen molar-refractivity contribution in [3.05, 3.63) is 77.5 Å². The van der Waals surface area contributed by atoms with E-state index in [0.29, 0.717) is 25.7 Å². The van der Waals surface area contributed by atoms with E-state index in [1.54, 1.807) is 13.2 Å². The van der Waals surface area contributed by atoms with Gasteiger partial charge in [0.05, 0.1) is 19.8 Å². The fourth-order valence-corrected chi connectivity index (χ4v) is 4.91. The van der Waals surface area contributed by atoms with Crippen molar-refractivity contribution in [1.29, 1.82) is 0 Å². The Morgan fingerprint density at radius 3 is 2.54 bits per heavy atom. The first-order chi connectivity index (χ1) is 17.1. The lowest BCUT2D eigenvalue weighted by Crippen LogP contribution is -2.34. The van der Waals surface area contributed by atoms with E-state index in [1.807, 2.05) is 12.1 Å². The minimum Gasteiger partial charge on any atom is -0.478 e. The standard InChI is InChI=1S/C29H36N2O4/c1-34-20-21-35-19-18-31-22-27(26-4-2-3-5-28(26)31)25-13-16-30(17-14-25)15-12-24-8-6-23(7-9-24)10-11-29(32)33/h2-11,22,25H,12-21H2,1H3,(H,32,33). The van der Waals surface area contributed by atoms with Gasteiger partial charge in [0, 0.05) is 43.4 Å². The van der Waals surface area contributed by atoms with Crippen molar-refractivity contribution in [2.75, 3.05) is 46.6 Å². The number of para-hydroxylation sites is 1. The number of aliphatic carboxylic acids is 1. The average molecular weight is 477 g/mol. The van der Waals surface area contributed by atoms with Crippen LogP contribution in [0.25, 0.3) is 17.0 Å². The summed E-state index contributed by atoms with van der Waals surface area (Å²) in [6, 6.07) is 16.9. The molecule has 4 rings (SSSR count). The molecule has 1 aliphatic rings. The first-order valence-electron chi connectivity index (χ1n) is 12.5. The van der Waals surface area contributed by atoms with Gasteiger partial charge in [0.15, 0.2) is 0 Å². The lowest BCUT2D eigenvalue weighted by atomic mass is 9.89. The fraction of sp³-hybridized carbons (Fsp3) is 0.414. The van der Waals surface area contributed by atoms with E-state index in [-0.39, 0.29) is 0 Å². The number of hydrogen-bond donors (Lipinski definition) is 1. The van der Waals surface area contributed by atoms with E-state index in [4.69, 9.17) is 14.6 Å². The summed E-state index contributed by atoms with van der Waals surface area (Å²) >= 11 is 0. The van der Waals surface area contributed by atoms with Crippen molar-refractivity contribution >= 4 is 22.9 Å². The Hall–Kier alpha value is -2.93. The maximum atomic E-state index is 10.7.